The fourth-order valence-corrected chi connectivity index (χ4v) is 4.45. The van der Waals surface area contributed by atoms with Crippen molar-refractivity contribution in [2.45, 2.75) is 33.8 Å². The number of benzene rings is 1. The maximum atomic E-state index is 12.2. The van der Waals surface area contributed by atoms with Crippen LogP contribution < -0.4 is 5.32 Å². The van der Waals surface area contributed by atoms with Gasteiger partial charge in [-0.25, -0.2) is 4.79 Å². The van der Waals surface area contributed by atoms with Gasteiger partial charge < -0.3 is 9.47 Å². The fourth-order valence-electron chi connectivity index (χ4n) is 4.45. The highest BCUT2D eigenvalue weighted by Gasteiger charge is 2.53. The molecule has 1 saturated heterocycles. The molecule has 1 aromatic rings. The molecule has 1 heterocycles. The van der Waals surface area contributed by atoms with Gasteiger partial charge in [0.05, 0.1) is 12.7 Å². The maximum absolute atomic E-state index is 12.2. The van der Waals surface area contributed by atoms with Crippen LogP contribution in [0, 0.1) is 23.2 Å². The van der Waals surface area contributed by atoms with E-state index in [1.807, 2.05) is 30.3 Å². The van der Waals surface area contributed by atoms with E-state index < -0.39 is 6.09 Å². The standard InChI is InChI=1S/C20H27NO3/c1-13-10-14(2)20(11-23-16(4)18(13)15(20)3)12-24-19(22)21-17-8-6-5-7-9-17/h5-10,14-16,18H,11-12H2,1-4H3,(H,21,22)/t14-,15+,16+,18-,20+/m1/s1. The summed E-state index contributed by atoms with van der Waals surface area (Å²) in [5.41, 5.74) is 1.99. The first-order valence-electron chi connectivity index (χ1n) is 8.73. The Morgan fingerprint density at radius 3 is 2.71 bits per heavy atom. The molecule has 2 bridgehead atoms. The predicted octanol–water partition coefficient (Wildman–Crippen LogP) is 4.49. The van der Waals surface area contributed by atoms with E-state index in [1.165, 1.54) is 5.57 Å². The molecule has 4 heteroatoms. The fraction of sp³-hybridized carbons (Fsp3) is 0.550. The highest BCUT2D eigenvalue weighted by Crippen LogP contribution is 2.52. The normalized spacial score (nSPS) is 35.1. The van der Waals surface area contributed by atoms with Crippen LogP contribution in [-0.2, 0) is 9.47 Å². The van der Waals surface area contributed by atoms with E-state index in [2.05, 4.69) is 39.1 Å². The number of amides is 1. The number of ether oxygens (including phenoxy) is 2. The second-order valence-electron chi connectivity index (χ2n) is 7.33. The van der Waals surface area contributed by atoms with Crippen molar-refractivity contribution >= 4 is 11.8 Å². The van der Waals surface area contributed by atoms with Crippen molar-refractivity contribution in [1.29, 1.82) is 0 Å². The van der Waals surface area contributed by atoms with Crippen LogP contribution in [-0.4, -0.2) is 25.4 Å². The lowest BCUT2D eigenvalue weighted by molar-refractivity contribution is -0.156. The van der Waals surface area contributed by atoms with Crippen molar-refractivity contribution < 1.29 is 14.3 Å². The molecule has 1 fully saturated rings. The lowest BCUT2D eigenvalue weighted by Crippen LogP contribution is -2.56. The molecule has 1 aliphatic carbocycles. The first-order valence-corrected chi connectivity index (χ1v) is 8.73. The number of carbonyl (C=O) groups excluding carboxylic acids is 1. The summed E-state index contributed by atoms with van der Waals surface area (Å²) in [5, 5.41) is 2.78. The average Bonchev–Trinajstić information content (AvgIpc) is 2.54. The average molecular weight is 329 g/mol. The highest BCUT2D eigenvalue weighted by atomic mass is 16.6. The van der Waals surface area contributed by atoms with Crippen molar-refractivity contribution in [3.8, 4) is 0 Å². The Kier molecular flexibility index (Phi) is 4.68. The van der Waals surface area contributed by atoms with Crippen molar-refractivity contribution in [3.63, 3.8) is 0 Å². The molecule has 0 saturated carbocycles. The van der Waals surface area contributed by atoms with Crippen LogP contribution in [0.15, 0.2) is 42.0 Å². The summed E-state index contributed by atoms with van der Waals surface area (Å²) in [5.74, 6) is 1.14. The van der Waals surface area contributed by atoms with E-state index in [-0.39, 0.29) is 11.5 Å². The maximum Gasteiger partial charge on any atom is 0.411 e. The molecular formula is C20H27NO3. The van der Waals surface area contributed by atoms with Gasteiger partial charge >= 0.3 is 6.09 Å². The Morgan fingerprint density at radius 1 is 1.29 bits per heavy atom. The van der Waals surface area contributed by atoms with E-state index in [0.717, 1.165) is 5.69 Å². The second-order valence-corrected chi connectivity index (χ2v) is 7.33. The van der Waals surface area contributed by atoms with Crippen LogP contribution in [0.4, 0.5) is 10.5 Å². The van der Waals surface area contributed by atoms with Gasteiger partial charge in [-0.05, 0) is 37.8 Å². The molecule has 1 N–H and O–H groups in total. The van der Waals surface area contributed by atoms with E-state index in [0.29, 0.717) is 31.0 Å². The molecular weight excluding hydrogens is 302 g/mol. The molecule has 0 spiro atoms. The largest absolute Gasteiger partial charge is 0.449 e. The Bertz CT molecular complexity index is 627. The summed E-state index contributed by atoms with van der Waals surface area (Å²) in [7, 11) is 0. The summed E-state index contributed by atoms with van der Waals surface area (Å²) in [4.78, 5) is 12.2. The summed E-state index contributed by atoms with van der Waals surface area (Å²) in [6, 6.07) is 9.37. The number of hydrogen-bond donors (Lipinski definition) is 1. The van der Waals surface area contributed by atoms with Crippen LogP contribution in [0.25, 0.3) is 0 Å². The molecule has 0 unspecified atom stereocenters. The molecule has 5 atom stereocenters. The van der Waals surface area contributed by atoms with Gasteiger partial charge in [-0.2, -0.15) is 0 Å². The van der Waals surface area contributed by atoms with E-state index in [4.69, 9.17) is 9.47 Å². The monoisotopic (exact) mass is 329 g/mol. The smallest absolute Gasteiger partial charge is 0.411 e. The minimum Gasteiger partial charge on any atom is -0.449 e. The van der Waals surface area contributed by atoms with Crippen LogP contribution in [0.5, 0.6) is 0 Å². The molecule has 24 heavy (non-hydrogen) atoms. The SMILES string of the molecule is CC1=C[C@@H](C)[C@@]2(COC(=O)Nc3ccccc3)CO[C@@H](C)[C@H]1[C@@H]2C. The number of hydrogen-bond acceptors (Lipinski definition) is 3. The molecule has 3 rings (SSSR count). The van der Waals surface area contributed by atoms with Gasteiger partial charge in [0.25, 0.3) is 0 Å². The van der Waals surface area contributed by atoms with Crippen LogP contribution in [0.2, 0.25) is 0 Å². The molecule has 0 radical (unpaired) electrons. The van der Waals surface area contributed by atoms with Crippen molar-refractivity contribution in [3.05, 3.63) is 42.0 Å². The molecule has 0 aromatic heterocycles. The Hall–Kier alpha value is -1.81. The predicted molar refractivity (Wildman–Crippen MR) is 94.8 cm³/mol. The van der Waals surface area contributed by atoms with Crippen LogP contribution in [0.3, 0.4) is 0 Å². The molecule has 1 amide bonds. The van der Waals surface area contributed by atoms with Crippen LogP contribution >= 0.6 is 0 Å². The number of nitrogens with one attached hydrogen (secondary N) is 1. The zero-order valence-corrected chi connectivity index (χ0v) is 14.9. The zero-order chi connectivity index (χ0) is 17.3. The summed E-state index contributed by atoms with van der Waals surface area (Å²) in [6.07, 6.45) is 2.15. The van der Waals surface area contributed by atoms with Crippen molar-refractivity contribution in [2.75, 3.05) is 18.5 Å². The number of anilines is 1. The van der Waals surface area contributed by atoms with Gasteiger partial charge in [-0.1, -0.05) is 43.7 Å². The third-order valence-electron chi connectivity index (χ3n) is 6.00. The quantitative estimate of drug-likeness (QED) is 0.831. The van der Waals surface area contributed by atoms with Gasteiger partial charge in [0.2, 0.25) is 0 Å². The lowest BCUT2D eigenvalue weighted by Gasteiger charge is -2.54. The number of para-hydroxylation sites is 1. The first-order chi connectivity index (χ1) is 11.4. The van der Waals surface area contributed by atoms with Crippen LogP contribution in [0.1, 0.15) is 27.7 Å². The van der Waals surface area contributed by atoms with E-state index in [1.54, 1.807) is 0 Å². The summed E-state index contributed by atoms with van der Waals surface area (Å²) >= 11 is 0. The molecule has 1 aliphatic heterocycles. The lowest BCUT2D eigenvalue weighted by atomic mass is 9.56. The summed E-state index contributed by atoms with van der Waals surface area (Å²) < 4.78 is 11.7. The molecule has 2 aliphatic rings. The van der Waals surface area contributed by atoms with Gasteiger partial charge in [0.1, 0.15) is 6.61 Å². The molecule has 1 aromatic carbocycles. The van der Waals surface area contributed by atoms with Gasteiger partial charge in [-0.3, -0.25) is 5.32 Å². The first kappa shape index (κ1) is 17.0. The number of fused-ring (bicyclic) bond motifs is 2. The van der Waals surface area contributed by atoms with Gasteiger partial charge in [0.15, 0.2) is 0 Å². The Balaban J connectivity index is 1.70. The topological polar surface area (TPSA) is 47.6 Å². The van der Waals surface area contributed by atoms with E-state index >= 15 is 0 Å². The number of allylic oxidation sites excluding steroid dienone is 1. The van der Waals surface area contributed by atoms with Gasteiger partial charge in [0, 0.05) is 17.0 Å². The third kappa shape index (κ3) is 2.95. The molecule has 130 valence electrons. The number of rotatable bonds is 3. The van der Waals surface area contributed by atoms with Crippen molar-refractivity contribution in [2.24, 2.45) is 23.2 Å². The minimum atomic E-state index is -0.406. The Morgan fingerprint density at radius 2 is 2.00 bits per heavy atom. The third-order valence-corrected chi connectivity index (χ3v) is 6.00. The highest BCUT2D eigenvalue weighted by molar-refractivity contribution is 5.84. The zero-order valence-electron chi connectivity index (χ0n) is 14.9. The van der Waals surface area contributed by atoms with Gasteiger partial charge in [-0.15, -0.1) is 0 Å². The molecule has 4 nitrogen and oxygen atoms in total. The van der Waals surface area contributed by atoms with E-state index in [9.17, 15) is 4.79 Å². The summed E-state index contributed by atoms with van der Waals surface area (Å²) in [6.45, 7) is 9.82. The Labute approximate surface area is 144 Å². The second kappa shape index (κ2) is 6.60. The minimum absolute atomic E-state index is 0.148. The van der Waals surface area contributed by atoms with Crippen molar-refractivity contribution in [1.82, 2.24) is 0 Å². The number of carbonyl (C=O) groups is 1.